The minimum Gasteiger partial charge on any atom is -0.480 e. The molecule has 0 saturated heterocycles. The summed E-state index contributed by atoms with van der Waals surface area (Å²) in [6.07, 6.45) is 63.8. The zero-order chi connectivity index (χ0) is 69.8. The fraction of sp³-hybridized carbons (Fsp3) is 0.709. The van der Waals surface area contributed by atoms with Crippen LogP contribution in [0.1, 0.15) is 300 Å². The number of allylic oxidation sites excluding steroid dienone is 10. The molecular weight excluding hydrogens is 1250 g/mol. The molecule has 0 aromatic heterocycles. The Morgan fingerprint density at radius 3 is 1.59 bits per heavy atom. The third-order valence-electron chi connectivity index (χ3n) is 18.1. The lowest BCUT2D eigenvalue weighted by Crippen LogP contribution is -2.42. The number of hydrogen-bond donors (Lipinski definition) is 6. The van der Waals surface area contributed by atoms with Crippen LogP contribution in [0.2, 0.25) is 0 Å². The maximum atomic E-state index is 13.0. The third-order valence-corrected chi connectivity index (χ3v) is 20.9. The van der Waals surface area contributed by atoms with Crippen LogP contribution in [0.25, 0.3) is 0 Å². The second-order valence-corrected chi connectivity index (χ2v) is 29.7. The molecule has 4 amide bonds. The highest BCUT2D eigenvalue weighted by Gasteiger charge is 2.26. The van der Waals surface area contributed by atoms with E-state index in [1.54, 1.807) is 48.6 Å². The van der Waals surface area contributed by atoms with Crippen molar-refractivity contribution in [2.75, 3.05) is 51.8 Å². The van der Waals surface area contributed by atoms with Gasteiger partial charge in [-0.1, -0.05) is 288 Å². The van der Waals surface area contributed by atoms with Gasteiger partial charge in [-0.05, 0) is 108 Å². The molecule has 0 bridgehead atoms. The molecule has 1 aliphatic carbocycles. The van der Waals surface area contributed by atoms with Gasteiger partial charge in [-0.3, -0.25) is 19.3 Å². The summed E-state index contributed by atoms with van der Waals surface area (Å²) in [5.41, 5.74) is 0.922. The number of amides is 4. The normalized spacial score (nSPS) is 14.1. The van der Waals surface area contributed by atoms with E-state index in [0.717, 1.165) is 56.4 Å². The van der Waals surface area contributed by atoms with E-state index in [2.05, 4.69) is 42.0 Å². The summed E-state index contributed by atoms with van der Waals surface area (Å²) in [5.74, 6) is -0.717. The van der Waals surface area contributed by atoms with E-state index < -0.39 is 35.2 Å². The van der Waals surface area contributed by atoms with Gasteiger partial charge in [0.15, 0.2) is 0 Å². The quantitative estimate of drug-likeness (QED) is 0.0155. The van der Waals surface area contributed by atoms with Gasteiger partial charge in [-0.25, -0.2) is 9.59 Å². The minimum atomic E-state index is -1.12. The number of benzene rings is 1. The fourth-order valence-corrected chi connectivity index (χ4v) is 13.8. The molecule has 6 N–H and O–H groups in total. The van der Waals surface area contributed by atoms with Gasteiger partial charge >= 0.3 is 12.1 Å². The van der Waals surface area contributed by atoms with Crippen molar-refractivity contribution in [3.8, 4) is 0 Å². The molecule has 15 nitrogen and oxygen atoms in total. The van der Waals surface area contributed by atoms with E-state index in [0.29, 0.717) is 76.5 Å². The zero-order valence-electron chi connectivity index (χ0n) is 60.6. The van der Waals surface area contributed by atoms with E-state index in [1.807, 2.05) is 63.3 Å². The molecule has 0 fully saturated rings. The Balaban J connectivity index is 1.41. The molecule has 96 heavy (non-hydrogen) atoms. The summed E-state index contributed by atoms with van der Waals surface area (Å²) < 4.78 is 12.5. The molecule has 1 aromatic carbocycles. The predicted octanol–water partition coefficient (Wildman–Crippen LogP) is 19.6. The van der Waals surface area contributed by atoms with Crippen LogP contribution in [0.3, 0.4) is 0 Å². The number of carbonyl (C=O) groups is 5. The molecule has 0 radical (unpaired) electrons. The van der Waals surface area contributed by atoms with E-state index in [9.17, 15) is 29.1 Å². The molecule has 0 aliphatic heterocycles. The summed E-state index contributed by atoms with van der Waals surface area (Å²) in [7, 11) is 2.85. The number of hydrogen-bond acceptors (Lipinski definition) is 12. The van der Waals surface area contributed by atoms with Gasteiger partial charge in [-0.15, -0.1) is 0 Å². The van der Waals surface area contributed by atoms with Crippen molar-refractivity contribution in [2.45, 2.75) is 302 Å². The van der Waals surface area contributed by atoms with Gasteiger partial charge in [-0.2, -0.15) is 4.89 Å². The molecule has 17 heteroatoms. The highest BCUT2D eigenvalue weighted by atomic mass is 33.1. The third kappa shape index (κ3) is 49.0. The van der Waals surface area contributed by atoms with E-state index in [1.165, 1.54) is 195 Å². The van der Waals surface area contributed by atoms with Crippen molar-refractivity contribution in [3.05, 3.63) is 108 Å². The van der Waals surface area contributed by atoms with Crippen molar-refractivity contribution in [1.29, 1.82) is 0 Å². The number of aliphatic carboxylic acids is 1. The van der Waals surface area contributed by atoms with Crippen molar-refractivity contribution >= 4 is 51.4 Å². The molecular formula is C79H132N4O11S2. The van der Waals surface area contributed by atoms with Crippen molar-refractivity contribution < 1.29 is 53.4 Å². The molecule has 0 saturated carbocycles. The van der Waals surface area contributed by atoms with Crippen LogP contribution in [0.15, 0.2) is 96.7 Å². The summed E-state index contributed by atoms with van der Waals surface area (Å²) in [4.78, 5) is 72.9. The first kappa shape index (κ1) is 87.4. The summed E-state index contributed by atoms with van der Waals surface area (Å²) in [6.45, 7) is 15.4. The molecule has 2 rings (SSSR count). The average molecular weight is 1380 g/mol. The van der Waals surface area contributed by atoms with Crippen molar-refractivity contribution in [3.63, 3.8) is 0 Å². The Bertz CT molecular complexity index is 2360. The van der Waals surface area contributed by atoms with Gasteiger partial charge in [0.05, 0.1) is 31.0 Å². The molecule has 1 aromatic rings. The Kier molecular flexibility index (Phi) is 54.0. The lowest BCUT2D eigenvalue weighted by atomic mass is 9.92. The molecule has 0 spiro atoms. The topological polar surface area (TPSA) is 211 Å². The fourth-order valence-electron chi connectivity index (χ4n) is 11.3. The van der Waals surface area contributed by atoms with Crippen LogP contribution in [0.5, 0.6) is 0 Å². The number of rotatable bonds is 61. The maximum Gasteiger partial charge on any atom is 0.438 e. The van der Waals surface area contributed by atoms with E-state index in [-0.39, 0.29) is 22.8 Å². The Morgan fingerprint density at radius 1 is 0.531 bits per heavy atom. The smallest absolute Gasteiger partial charge is 0.438 e. The molecule has 4 atom stereocenters. The highest BCUT2D eigenvalue weighted by molar-refractivity contribution is 8.76. The zero-order valence-corrected chi connectivity index (χ0v) is 62.2. The van der Waals surface area contributed by atoms with Crippen molar-refractivity contribution in [1.82, 2.24) is 21.3 Å². The first-order chi connectivity index (χ1) is 46.6. The summed E-state index contributed by atoms with van der Waals surface area (Å²) in [5, 5.41) is 30.1. The standard InChI is InChI=1S/C79H132N4O11S2/c1-7-68(48-40-33-27-21-16-12-10-9-11-14-18-25-31-37-46-62-84)49-41-34-28-22-17-13-15-19-26-32-38-47-63-93-94-77(90)82-59-45-39-44-52-73(85)80-60-57-79(6,8-2)92-64-58-78(4,5)91-65-61-81-74(86)71-55-53-69(54-56-71)67(3)96-95-66-72(76(88)89)83-75(87)70-50-42-35-29-23-20-24-30-36-43-51-70/h20,23-24,29-30,35-36,42-43,50-51,53-56,67-68,72,84H,7-19,21-22,25-28,31-34,37-41,44-49,52,57-66H2,1-6H3,(H,80,85)(H,81,86)(H,82,90)(H,83,87)(H,88,89). The van der Waals surface area contributed by atoms with E-state index >= 15 is 0 Å². The molecule has 546 valence electrons. The minimum absolute atomic E-state index is 0.00226. The maximum absolute atomic E-state index is 13.0. The second kappa shape index (κ2) is 59.2. The number of carboxylic acids is 1. The first-order valence-electron chi connectivity index (χ1n) is 37.6. The van der Waals surface area contributed by atoms with Gasteiger partial charge in [0.25, 0.3) is 11.8 Å². The number of unbranched alkanes of at least 4 members (excludes halogenated alkanes) is 27. The van der Waals surface area contributed by atoms with Crippen LogP contribution < -0.4 is 21.3 Å². The van der Waals surface area contributed by atoms with Crippen LogP contribution in [0.4, 0.5) is 4.79 Å². The monoisotopic (exact) mass is 1380 g/mol. The first-order valence-corrected chi connectivity index (χ1v) is 40.0. The van der Waals surface area contributed by atoms with Gasteiger partial charge in [0, 0.05) is 54.8 Å². The van der Waals surface area contributed by atoms with E-state index in [4.69, 9.17) is 24.4 Å². The Hall–Kier alpha value is -4.65. The number of carbonyl (C=O) groups excluding carboxylic acids is 4. The number of carboxylic acid groups (broad SMARTS) is 1. The number of aliphatic hydroxyl groups excluding tert-OH is 1. The number of nitrogens with one attached hydrogen (secondary N) is 4. The Morgan fingerprint density at radius 2 is 1.05 bits per heavy atom. The van der Waals surface area contributed by atoms with Gasteiger partial charge < -0.3 is 41.0 Å². The highest BCUT2D eigenvalue weighted by Crippen LogP contribution is 2.38. The lowest BCUT2D eigenvalue weighted by molar-refractivity contribution is -0.239. The predicted molar refractivity (Wildman–Crippen MR) is 401 cm³/mol. The molecule has 0 heterocycles. The summed E-state index contributed by atoms with van der Waals surface area (Å²) in [6, 6.07) is 6.23. The number of aliphatic hydroxyl groups is 1. The van der Waals surface area contributed by atoms with Crippen LogP contribution >= 0.6 is 21.6 Å². The lowest BCUT2D eigenvalue weighted by Gasteiger charge is -2.32. The Labute approximate surface area is 590 Å². The van der Waals surface area contributed by atoms with Crippen LogP contribution in [-0.4, -0.2) is 109 Å². The van der Waals surface area contributed by atoms with Crippen molar-refractivity contribution in [2.24, 2.45) is 5.92 Å². The SMILES string of the molecule is CCC(CCCCCCCCCCCCCCCCCO)CCCCCCCCCCCCCCOOC(=O)NCCCCCC(=O)NCCC(C)(CC)OCCC(C)(C)OCCNC(=O)c1ccc(C(C)SSCC(NC(=O)C2=CC=CC=CC=CC=CC=C2)C(=O)O)cc1. The van der Waals surface area contributed by atoms with Gasteiger partial charge in [0.1, 0.15) is 6.04 Å². The van der Waals surface area contributed by atoms with Crippen LogP contribution in [-0.2, 0) is 33.6 Å². The molecule has 4 unspecified atom stereocenters. The van der Waals surface area contributed by atoms with Gasteiger partial charge in [0.2, 0.25) is 5.91 Å². The molecule has 1 aliphatic rings. The summed E-state index contributed by atoms with van der Waals surface area (Å²) >= 11 is 0. The number of ether oxygens (including phenoxy) is 2. The largest absolute Gasteiger partial charge is 0.480 e. The second-order valence-electron chi connectivity index (χ2n) is 26.9. The van der Waals surface area contributed by atoms with Crippen LogP contribution in [0, 0.1) is 5.92 Å². The average Bonchev–Trinajstić information content (AvgIpc) is 2.10.